The maximum Gasteiger partial charge on any atom is 0.269 e. The number of carbonyl (C=O) groups excluding carboxylic acids is 2. The molecule has 7 nitrogen and oxygen atoms in total. The number of non-ortho nitro benzene ring substituents is 1. The Morgan fingerprint density at radius 2 is 2.04 bits per heavy atom. The minimum atomic E-state index is -0.531. The van der Waals surface area contributed by atoms with Crippen molar-refractivity contribution < 1.29 is 14.5 Å². The molecule has 140 valence electrons. The van der Waals surface area contributed by atoms with Gasteiger partial charge < -0.3 is 11.1 Å². The highest BCUT2D eigenvalue weighted by Gasteiger charge is 2.26. The second-order valence-electron chi connectivity index (χ2n) is 6.59. The van der Waals surface area contributed by atoms with E-state index in [1.54, 1.807) is 18.2 Å². The zero-order chi connectivity index (χ0) is 19.6. The lowest BCUT2D eigenvalue weighted by atomic mass is 9.88. The fourth-order valence-electron chi connectivity index (χ4n) is 3.13. The van der Waals surface area contributed by atoms with E-state index in [-0.39, 0.29) is 11.6 Å². The molecule has 0 aliphatic heterocycles. The number of anilines is 1. The largest absolute Gasteiger partial charge is 0.365 e. The number of nitro groups is 1. The van der Waals surface area contributed by atoms with Crippen LogP contribution in [0.3, 0.4) is 0 Å². The van der Waals surface area contributed by atoms with Crippen molar-refractivity contribution in [3.8, 4) is 0 Å². The Morgan fingerprint density at radius 3 is 2.67 bits per heavy atom. The van der Waals surface area contributed by atoms with Gasteiger partial charge in [0.1, 0.15) is 5.00 Å². The fraction of sp³-hybridized carbons (Fsp3) is 0.263. The molecule has 1 aromatic carbocycles. The Kier molecular flexibility index (Phi) is 5.36. The van der Waals surface area contributed by atoms with E-state index in [4.69, 9.17) is 5.73 Å². The third-order valence-electron chi connectivity index (χ3n) is 4.53. The van der Waals surface area contributed by atoms with Crippen molar-refractivity contribution in [1.29, 1.82) is 0 Å². The van der Waals surface area contributed by atoms with Gasteiger partial charge in [0.15, 0.2) is 0 Å². The van der Waals surface area contributed by atoms with Gasteiger partial charge in [0, 0.05) is 23.1 Å². The molecule has 0 saturated carbocycles. The lowest BCUT2D eigenvalue weighted by molar-refractivity contribution is -0.384. The maximum absolute atomic E-state index is 12.3. The molecular weight excluding hydrogens is 366 g/mol. The van der Waals surface area contributed by atoms with Crippen molar-refractivity contribution in [2.45, 2.75) is 26.2 Å². The molecular formula is C19H19N3O4S. The lowest BCUT2D eigenvalue weighted by Crippen LogP contribution is -2.18. The van der Waals surface area contributed by atoms with Crippen LogP contribution in [0.4, 0.5) is 10.7 Å². The van der Waals surface area contributed by atoms with Gasteiger partial charge in [0.2, 0.25) is 5.91 Å². The number of thiophene rings is 1. The molecule has 0 saturated heterocycles. The monoisotopic (exact) mass is 385 g/mol. The fourth-order valence-corrected chi connectivity index (χ4v) is 4.55. The van der Waals surface area contributed by atoms with Crippen LogP contribution in [-0.2, 0) is 17.6 Å². The molecule has 2 amide bonds. The van der Waals surface area contributed by atoms with Crippen LogP contribution in [0.15, 0.2) is 30.3 Å². The highest BCUT2D eigenvalue weighted by atomic mass is 32.1. The minimum absolute atomic E-state index is 0.0129. The van der Waals surface area contributed by atoms with Gasteiger partial charge in [-0.05, 0) is 54.5 Å². The number of amides is 2. The van der Waals surface area contributed by atoms with E-state index in [1.165, 1.54) is 29.5 Å². The predicted octanol–water partition coefficient (Wildman–Crippen LogP) is 3.53. The molecule has 0 fully saturated rings. The third-order valence-corrected chi connectivity index (χ3v) is 5.70. The van der Waals surface area contributed by atoms with E-state index in [2.05, 4.69) is 12.2 Å². The summed E-state index contributed by atoms with van der Waals surface area (Å²) in [5.41, 5.74) is 7.56. The first kappa shape index (κ1) is 18.8. The van der Waals surface area contributed by atoms with E-state index in [0.717, 1.165) is 29.7 Å². The van der Waals surface area contributed by atoms with E-state index < -0.39 is 10.8 Å². The Bertz CT molecular complexity index is 931. The number of nitro benzene ring substituents is 1. The smallest absolute Gasteiger partial charge is 0.269 e. The first-order valence-electron chi connectivity index (χ1n) is 8.53. The van der Waals surface area contributed by atoms with Crippen molar-refractivity contribution in [2.24, 2.45) is 11.7 Å². The van der Waals surface area contributed by atoms with Gasteiger partial charge in [-0.1, -0.05) is 6.92 Å². The number of rotatable bonds is 5. The minimum Gasteiger partial charge on any atom is -0.365 e. The molecule has 1 aliphatic carbocycles. The second-order valence-corrected chi connectivity index (χ2v) is 7.70. The van der Waals surface area contributed by atoms with Crippen LogP contribution in [0.5, 0.6) is 0 Å². The summed E-state index contributed by atoms with van der Waals surface area (Å²) in [7, 11) is 0. The molecule has 3 rings (SSSR count). The molecule has 0 radical (unpaired) electrons. The molecule has 0 bridgehead atoms. The molecule has 2 aromatic rings. The molecule has 0 spiro atoms. The number of nitrogens with zero attached hydrogens (tertiary/aromatic N) is 1. The SMILES string of the molecule is C[C@H]1CCc2c(sc(NC(=O)/C=C/c3ccc([N+](=O)[O-])cc3)c2C(N)=O)C1. The average molecular weight is 385 g/mol. The molecule has 1 aromatic heterocycles. The molecule has 8 heteroatoms. The number of carbonyl (C=O) groups is 2. The van der Waals surface area contributed by atoms with Crippen molar-refractivity contribution >= 4 is 39.9 Å². The summed E-state index contributed by atoms with van der Waals surface area (Å²) in [6.07, 6.45) is 5.55. The summed E-state index contributed by atoms with van der Waals surface area (Å²) >= 11 is 1.41. The zero-order valence-corrected chi connectivity index (χ0v) is 15.5. The summed E-state index contributed by atoms with van der Waals surface area (Å²) < 4.78 is 0. The number of hydrogen-bond acceptors (Lipinski definition) is 5. The van der Waals surface area contributed by atoms with Crippen molar-refractivity contribution in [3.63, 3.8) is 0 Å². The van der Waals surface area contributed by atoms with Crippen LogP contribution in [0.1, 0.15) is 39.7 Å². The summed E-state index contributed by atoms with van der Waals surface area (Å²) in [5, 5.41) is 13.9. The molecule has 3 N–H and O–H groups in total. The Labute approximate surface area is 160 Å². The number of hydrogen-bond donors (Lipinski definition) is 2. The number of fused-ring (bicyclic) bond motifs is 1. The molecule has 1 aliphatic rings. The summed E-state index contributed by atoms with van der Waals surface area (Å²) in [4.78, 5) is 35.4. The van der Waals surface area contributed by atoms with Crippen LogP contribution >= 0.6 is 11.3 Å². The molecule has 1 heterocycles. The number of nitrogens with two attached hydrogens (primary N) is 1. The summed E-state index contributed by atoms with van der Waals surface area (Å²) in [5.74, 6) is -0.373. The first-order chi connectivity index (χ1) is 12.8. The van der Waals surface area contributed by atoms with Gasteiger partial charge in [-0.3, -0.25) is 19.7 Å². The second kappa shape index (κ2) is 7.71. The van der Waals surface area contributed by atoms with Gasteiger partial charge in [0.05, 0.1) is 10.5 Å². The van der Waals surface area contributed by atoms with Crippen LogP contribution in [0.2, 0.25) is 0 Å². The normalized spacial score (nSPS) is 16.1. The highest BCUT2D eigenvalue weighted by Crippen LogP contribution is 2.39. The van der Waals surface area contributed by atoms with Crippen LogP contribution in [0.25, 0.3) is 6.08 Å². The summed E-state index contributed by atoms with van der Waals surface area (Å²) in [6, 6.07) is 5.86. The van der Waals surface area contributed by atoms with Crippen LogP contribution < -0.4 is 11.1 Å². The molecule has 27 heavy (non-hydrogen) atoms. The zero-order valence-electron chi connectivity index (χ0n) is 14.7. The number of primary amides is 1. The number of benzene rings is 1. The van der Waals surface area contributed by atoms with Crippen molar-refractivity contribution in [1.82, 2.24) is 0 Å². The van der Waals surface area contributed by atoms with Crippen molar-refractivity contribution in [3.05, 3.63) is 62.0 Å². The number of nitrogens with one attached hydrogen (secondary N) is 1. The third kappa shape index (κ3) is 4.22. The maximum atomic E-state index is 12.3. The Balaban J connectivity index is 1.76. The highest BCUT2D eigenvalue weighted by molar-refractivity contribution is 7.17. The molecule has 1 atom stereocenters. The van der Waals surface area contributed by atoms with E-state index in [0.29, 0.717) is 22.0 Å². The Morgan fingerprint density at radius 1 is 1.33 bits per heavy atom. The predicted molar refractivity (Wildman–Crippen MR) is 105 cm³/mol. The van der Waals surface area contributed by atoms with Gasteiger partial charge in [-0.2, -0.15) is 0 Å². The van der Waals surface area contributed by atoms with Crippen LogP contribution in [0, 0.1) is 16.0 Å². The van der Waals surface area contributed by atoms with E-state index in [1.807, 2.05) is 0 Å². The topological polar surface area (TPSA) is 115 Å². The van der Waals surface area contributed by atoms with Gasteiger partial charge >= 0.3 is 0 Å². The lowest BCUT2D eigenvalue weighted by Gasteiger charge is -2.18. The van der Waals surface area contributed by atoms with E-state index in [9.17, 15) is 19.7 Å². The van der Waals surface area contributed by atoms with Gasteiger partial charge in [-0.25, -0.2) is 0 Å². The van der Waals surface area contributed by atoms with Crippen molar-refractivity contribution in [2.75, 3.05) is 5.32 Å². The molecule has 0 unspecified atom stereocenters. The van der Waals surface area contributed by atoms with E-state index >= 15 is 0 Å². The average Bonchev–Trinajstić information content (AvgIpc) is 2.97. The van der Waals surface area contributed by atoms with Crippen LogP contribution in [-0.4, -0.2) is 16.7 Å². The quantitative estimate of drug-likeness (QED) is 0.465. The standard InChI is InChI=1S/C19H19N3O4S/c1-11-2-8-14-15(10-11)27-19(17(14)18(20)24)21-16(23)9-5-12-3-6-13(7-4-12)22(25)26/h3-7,9,11H,2,8,10H2,1H3,(H2,20,24)(H,21,23)/b9-5+/t11-/m0/s1. The summed E-state index contributed by atoms with van der Waals surface area (Å²) in [6.45, 7) is 2.16. The van der Waals surface area contributed by atoms with Gasteiger partial charge in [0.25, 0.3) is 11.6 Å². The first-order valence-corrected chi connectivity index (χ1v) is 9.34. The van der Waals surface area contributed by atoms with Gasteiger partial charge in [-0.15, -0.1) is 11.3 Å². The Hall–Kier alpha value is -3.00.